The Hall–Kier alpha value is -3.74. The highest BCUT2D eigenvalue weighted by atomic mass is 16.2. The number of rotatable bonds is 5. The average molecular weight is 373 g/mol. The molecule has 4 aromatic rings. The van der Waals surface area contributed by atoms with E-state index in [4.69, 9.17) is 5.73 Å². The lowest BCUT2D eigenvalue weighted by Gasteiger charge is -2.07. The maximum Gasteiger partial charge on any atom is 0.327 e. The van der Waals surface area contributed by atoms with Gasteiger partial charge in [0.1, 0.15) is 5.52 Å². The molecule has 2 heterocycles. The number of primary amides is 1. The van der Waals surface area contributed by atoms with Gasteiger partial charge in [-0.1, -0.05) is 60.2 Å². The number of nitrogens with two attached hydrogens (primary N) is 1. The van der Waals surface area contributed by atoms with Crippen LogP contribution in [0.15, 0.2) is 59.4 Å². The Kier molecular flexibility index (Phi) is 4.49. The first-order chi connectivity index (χ1) is 13.5. The van der Waals surface area contributed by atoms with Crippen LogP contribution in [0.3, 0.4) is 0 Å². The lowest BCUT2D eigenvalue weighted by molar-refractivity contribution is 0.0997. The third-order valence-electron chi connectivity index (χ3n) is 4.63. The van der Waals surface area contributed by atoms with Gasteiger partial charge < -0.3 is 10.7 Å². The third kappa shape index (κ3) is 3.29. The Morgan fingerprint density at radius 1 is 1.07 bits per heavy atom. The molecule has 4 rings (SSSR count). The lowest BCUT2D eigenvalue weighted by Crippen LogP contribution is -2.18. The number of H-pyrrole nitrogens is 1. The van der Waals surface area contributed by atoms with Gasteiger partial charge in [-0.05, 0) is 18.9 Å². The zero-order valence-corrected chi connectivity index (χ0v) is 15.3. The van der Waals surface area contributed by atoms with Gasteiger partial charge >= 0.3 is 5.69 Å². The van der Waals surface area contributed by atoms with Crippen molar-refractivity contribution in [2.24, 2.45) is 5.73 Å². The van der Waals surface area contributed by atoms with E-state index in [1.807, 2.05) is 61.5 Å². The molecular formula is C21H19N5O2. The molecule has 0 spiro atoms. The van der Waals surface area contributed by atoms with Crippen LogP contribution in [0.25, 0.3) is 22.6 Å². The Morgan fingerprint density at radius 2 is 1.79 bits per heavy atom. The van der Waals surface area contributed by atoms with Gasteiger partial charge in [0.2, 0.25) is 0 Å². The normalized spacial score (nSPS) is 11.0. The number of amides is 1. The van der Waals surface area contributed by atoms with E-state index in [0.29, 0.717) is 24.4 Å². The molecule has 7 nitrogen and oxygen atoms in total. The molecule has 0 aliphatic heterocycles. The van der Waals surface area contributed by atoms with Crippen LogP contribution >= 0.6 is 0 Å². The summed E-state index contributed by atoms with van der Waals surface area (Å²) in [5, 5.41) is 0. The van der Waals surface area contributed by atoms with E-state index in [2.05, 4.69) is 15.0 Å². The van der Waals surface area contributed by atoms with Gasteiger partial charge in [0.25, 0.3) is 5.91 Å². The zero-order valence-electron chi connectivity index (χ0n) is 15.3. The summed E-state index contributed by atoms with van der Waals surface area (Å²) in [5.74, 6) is -0.356. The summed E-state index contributed by atoms with van der Waals surface area (Å²) in [7, 11) is 0. The van der Waals surface area contributed by atoms with Crippen LogP contribution in [-0.2, 0) is 13.0 Å². The lowest BCUT2D eigenvalue weighted by atomic mass is 10.1. The van der Waals surface area contributed by atoms with Crippen LogP contribution in [-0.4, -0.2) is 25.4 Å². The Bertz CT molecular complexity index is 1210. The van der Waals surface area contributed by atoms with Crippen LogP contribution in [0.1, 0.15) is 21.6 Å². The zero-order chi connectivity index (χ0) is 19.7. The molecule has 0 aliphatic rings. The number of hydrogen-bond acceptors (Lipinski definition) is 4. The highest BCUT2D eigenvalue weighted by molar-refractivity contribution is 6.01. The molecule has 3 N–H and O–H groups in total. The van der Waals surface area contributed by atoms with Crippen LogP contribution in [0.5, 0.6) is 0 Å². The van der Waals surface area contributed by atoms with Crippen molar-refractivity contribution in [3.8, 4) is 11.4 Å². The smallest absolute Gasteiger partial charge is 0.327 e. The van der Waals surface area contributed by atoms with Crippen LogP contribution in [0.4, 0.5) is 0 Å². The van der Waals surface area contributed by atoms with E-state index in [9.17, 15) is 9.59 Å². The fourth-order valence-corrected chi connectivity index (χ4v) is 3.13. The molecule has 2 aromatic carbocycles. The van der Waals surface area contributed by atoms with Crippen molar-refractivity contribution in [3.05, 3.63) is 81.9 Å². The summed E-state index contributed by atoms with van der Waals surface area (Å²) in [6.07, 6.45) is 0.656. The Morgan fingerprint density at radius 3 is 2.46 bits per heavy atom. The maximum atomic E-state index is 12.5. The molecular weight excluding hydrogens is 354 g/mol. The van der Waals surface area contributed by atoms with Gasteiger partial charge in [-0.15, -0.1) is 0 Å². The molecule has 28 heavy (non-hydrogen) atoms. The molecule has 0 aliphatic carbocycles. The minimum atomic E-state index is -0.711. The Labute approximate surface area is 160 Å². The van der Waals surface area contributed by atoms with Crippen LogP contribution in [0, 0.1) is 6.92 Å². The number of hydrogen-bond donors (Lipinski definition) is 2. The van der Waals surface area contributed by atoms with Gasteiger partial charge in [0, 0.05) is 12.1 Å². The topological polar surface area (TPSA) is 107 Å². The fourth-order valence-electron chi connectivity index (χ4n) is 3.13. The molecule has 0 fully saturated rings. The van der Waals surface area contributed by atoms with Crippen molar-refractivity contribution >= 4 is 17.1 Å². The number of fused-ring (bicyclic) bond motifs is 1. The molecule has 0 radical (unpaired) electrons. The van der Waals surface area contributed by atoms with E-state index in [-0.39, 0.29) is 16.9 Å². The van der Waals surface area contributed by atoms with Crippen LogP contribution < -0.4 is 11.4 Å². The van der Waals surface area contributed by atoms with Gasteiger partial charge in [-0.3, -0.25) is 9.36 Å². The van der Waals surface area contributed by atoms with Crippen molar-refractivity contribution in [2.45, 2.75) is 19.9 Å². The molecule has 0 saturated carbocycles. The van der Waals surface area contributed by atoms with Crippen LogP contribution in [0.2, 0.25) is 0 Å². The standard InChI is InChI=1S/C21H19N5O2/c1-13-7-9-15(10-8-13)19-23-16(18(22)27)17-20(25-19)26(21(28)24-17)12-11-14-5-3-2-4-6-14/h2-10H,11-12H2,1H3,(H2,22,27)(H,24,28). The first-order valence-electron chi connectivity index (χ1n) is 8.94. The fraction of sp³-hybridized carbons (Fsp3) is 0.143. The number of aromatic nitrogens is 4. The van der Waals surface area contributed by atoms with Crippen molar-refractivity contribution < 1.29 is 4.79 Å². The van der Waals surface area contributed by atoms with Gasteiger partial charge in [-0.2, -0.15) is 0 Å². The third-order valence-corrected chi connectivity index (χ3v) is 4.63. The number of aromatic amines is 1. The van der Waals surface area contributed by atoms with Crippen molar-refractivity contribution in [1.29, 1.82) is 0 Å². The highest BCUT2D eigenvalue weighted by Crippen LogP contribution is 2.20. The van der Waals surface area contributed by atoms with E-state index in [1.54, 1.807) is 0 Å². The number of nitrogens with zero attached hydrogens (tertiary/aromatic N) is 3. The van der Waals surface area contributed by atoms with E-state index < -0.39 is 5.91 Å². The average Bonchev–Trinajstić information content (AvgIpc) is 3.02. The van der Waals surface area contributed by atoms with E-state index >= 15 is 0 Å². The minimum Gasteiger partial charge on any atom is -0.364 e. The summed E-state index contributed by atoms with van der Waals surface area (Å²) < 4.78 is 1.52. The number of benzene rings is 2. The predicted octanol–water partition coefficient (Wildman–Crippen LogP) is 2.44. The molecule has 0 saturated heterocycles. The molecule has 0 bridgehead atoms. The van der Waals surface area contributed by atoms with E-state index in [1.165, 1.54) is 4.57 Å². The highest BCUT2D eigenvalue weighted by Gasteiger charge is 2.19. The number of carbonyl (C=O) groups excluding carboxylic acids is 1. The Balaban J connectivity index is 1.84. The molecule has 0 unspecified atom stereocenters. The number of aryl methyl sites for hydroxylation is 3. The molecule has 0 atom stereocenters. The number of imidazole rings is 1. The first kappa shape index (κ1) is 17.7. The quantitative estimate of drug-likeness (QED) is 0.560. The number of carbonyl (C=O) groups is 1. The monoisotopic (exact) mass is 373 g/mol. The van der Waals surface area contributed by atoms with Gasteiger partial charge in [-0.25, -0.2) is 14.8 Å². The largest absolute Gasteiger partial charge is 0.364 e. The summed E-state index contributed by atoms with van der Waals surface area (Å²) in [4.78, 5) is 36.0. The van der Waals surface area contributed by atoms with Gasteiger partial charge in [0.05, 0.1) is 0 Å². The SMILES string of the molecule is Cc1ccc(-c2nc(C(N)=O)c3[nH]c(=O)n(CCc4ccccc4)c3n2)cc1. The van der Waals surface area contributed by atoms with Crippen molar-refractivity contribution in [1.82, 2.24) is 19.5 Å². The first-order valence-corrected chi connectivity index (χ1v) is 8.94. The molecule has 2 aromatic heterocycles. The maximum absolute atomic E-state index is 12.5. The van der Waals surface area contributed by atoms with Crippen molar-refractivity contribution in [2.75, 3.05) is 0 Å². The predicted molar refractivity (Wildman–Crippen MR) is 107 cm³/mol. The second kappa shape index (κ2) is 7.11. The number of nitrogens with one attached hydrogen (secondary N) is 1. The molecule has 1 amide bonds. The molecule has 7 heteroatoms. The molecule has 140 valence electrons. The second-order valence-corrected chi connectivity index (χ2v) is 6.64. The van der Waals surface area contributed by atoms with Gasteiger partial charge in [0.15, 0.2) is 17.2 Å². The summed E-state index contributed by atoms with van der Waals surface area (Å²) in [5.41, 5.74) is 8.77. The summed E-state index contributed by atoms with van der Waals surface area (Å²) in [6.45, 7) is 2.40. The summed E-state index contributed by atoms with van der Waals surface area (Å²) in [6, 6.07) is 17.5. The van der Waals surface area contributed by atoms with E-state index in [0.717, 1.165) is 16.7 Å². The summed E-state index contributed by atoms with van der Waals surface area (Å²) >= 11 is 0. The minimum absolute atomic E-state index is 0.0103. The van der Waals surface area contributed by atoms with Crippen molar-refractivity contribution in [3.63, 3.8) is 0 Å². The second-order valence-electron chi connectivity index (χ2n) is 6.64.